The van der Waals surface area contributed by atoms with Crippen LogP contribution in [0.4, 0.5) is 5.69 Å². The molecule has 0 saturated heterocycles. The summed E-state index contributed by atoms with van der Waals surface area (Å²) in [6.45, 7) is 2.09. The third-order valence-electron chi connectivity index (χ3n) is 3.49. The van der Waals surface area contributed by atoms with Gasteiger partial charge in [-0.15, -0.1) is 0 Å². The number of nitrogens with one attached hydrogen (secondary N) is 2. The summed E-state index contributed by atoms with van der Waals surface area (Å²) in [6.07, 6.45) is 1.69. The molecule has 0 aliphatic carbocycles. The van der Waals surface area contributed by atoms with Gasteiger partial charge in [-0.05, 0) is 37.3 Å². The maximum absolute atomic E-state index is 12.4. The normalized spacial score (nSPS) is 10.5. The van der Waals surface area contributed by atoms with E-state index in [-0.39, 0.29) is 11.9 Å². The Morgan fingerprint density at radius 2 is 1.83 bits per heavy atom. The zero-order chi connectivity index (χ0) is 16.2. The number of esters is 1. The van der Waals surface area contributed by atoms with Gasteiger partial charge < -0.3 is 15.0 Å². The molecule has 0 radical (unpaired) electrons. The number of amides is 1. The van der Waals surface area contributed by atoms with Gasteiger partial charge in [0.15, 0.2) is 0 Å². The molecule has 5 heteroatoms. The zero-order valence-corrected chi connectivity index (χ0v) is 12.6. The van der Waals surface area contributed by atoms with Crippen LogP contribution in [0.2, 0.25) is 0 Å². The molecule has 5 nitrogen and oxygen atoms in total. The van der Waals surface area contributed by atoms with Crippen molar-refractivity contribution in [3.63, 3.8) is 0 Å². The van der Waals surface area contributed by atoms with Crippen molar-refractivity contribution >= 4 is 28.5 Å². The fraction of sp³-hybridized carbons (Fsp3) is 0.111. The Hall–Kier alpha value is -3.08. The van der Waals surface area contributed by atoms with Crippen LogP contribution in [0.1, 0.15) is 27.6 Å². The topological polar surface area (TPSA) is 71.2 Å². The first-order valence-electron chi connectivity index (χ1n) is 7.33. The predicted octanol–water partition coefficient (Wildman–Crippen LogP) is 3.60. The van der Waals surface area contributed by atoms with Gasteiger partial charge in [0, 0.05) is 22.8 Å². The number of carbonyl (C=O) groups is 2. The molecule has 3 aromatic rings. The summed E-state index contributed by atoms with van der Waals surface area (Å²) in [6, 6.07) is 14.2. The average Bonchev–Trinajstić information content (AvgIpc) is 3.00. The molecule has 0 fully saturated rings. The smallest absolute Gasteiger partial charge is 0.338 e. The van der Waals surface area contributed by atoms with Gasteiger partial charge in [-0.3, -0.25) is 4.79 Å². The molecule has 1 aromatic heterocycles. The number of H-pyrrole nitrogens is 1. The van der Waals surface area contributed by atoms with E-state index in [1.54, 1.807) is 37.4 Å². The van der Waals surface area contributed by atoms with Crippen molar-refractivity contribution in [1.82, 2.24) is 4.98 Å². The summed E-state index contributed by atoms with van der Waals surface area (Å²) in [4.78, 5) is 27.1. The number of aromatic amines is 1. The molecule has 1 heterocycles. The van der Waals surface area contributed by atoms with E-state index >= 15 is 0 Å². The highest BCUT2D eigenvalue weighted by molar-refractivity contribution is 6.12. The Morgan fingerprint density at radius 1 is 1.09 bits per heavy atom. The lowest BCUT2D eigenvalue weighted by Crippen LogP contribution is -2.11. The van der Waals surface area contributed by atoms with Crippen LogP contribution in [0.5, 0.6) is 0 Å². The minimum absolute atomic E-state index is 0.202. The van der Waals surface area contributed by atoms with E-state index in [0.717, 1.165) is 10.9 Å². The molecule has 0 unspecified atom stereocenters. The summed E-state index contributed by atoms with van der Waals surface area (Å²) < 4.78 is 4.93. The van der Waals surface area contributed by atoms with Crippen LogP contribution in [0.15, 0.2) is 54.7 Å². The molecule has 0 aliphatic rings. The number of hydrogen-bond donors (Lipinski definition) is 2. The monoisotopic (exact) mass is 308 g/mol. The lowest BCUT2D eigenvalue weighted by molar-refractivity contribution is 0.0526. The van der Waals surface area contributed by atoms with Crippen LogP contribution >= 0.6 is 0 Å². The van der Waals surface area contributed by atoms with Crippen molar-refractivity contribution in [3.8, 4) is 0 Å². The molecule has 0 bridgehead atoms. The Balaban J connectivity index is 1.76. The second-order valence-corrected chi connectivity index (χ2v) is 5.00. The first-order valence-corrected chi connectivity index (χ1v) is 7.33. The average molecular weight is 308 g/mol. The quantitative estimate of drug-likeness (QED) is 0.723. The van der Waals surface area contributed by atoms with Gasteiger partial charge in [0.2, 0.25) is 0 Å². The highest BCUT2D eigenvalue weighted by Crippen LogP contribution is 2.19. The van der Waals surface area contributed by atoms with Crippen molar-refractivity contribution in [2.45, 2.75) is 6.92 Å². The summed E-state index contributed by atoms with van der Waals surface area (Å²) >= 11 is 0. The van der Waals surface area contributed by atoms with Gasteiger partial charge in [0.1, 0.15) is 0 Å². The van der Waals surface area contributed by atoms with Crippen molar-refractivity contribution in [2.75, 3.05) is 11.9 Å². The van der Waals surface area contributed by atoms with Crippen LogP contribution < -0.4 is 5.32 Å². The fourth-order valence-corrected chi connectivity index (χ4v) is 2.36. The van der Waals surface area contributed by atoms with Gasteiger partial charge >= 0.3 is 5.97 Å². The molecule has 0 saturated carbocycles. The Morgan fingerprint density at radius 3 is 2.57 bits per heavy atom. The maximum atomic E-state index is 12.4. The molecular weight excluding hydrogens is 292 g/mol. The summed E-state index contributed by atoms with van der Waals surface area (Å²) in [5.74, 6) is -0.576. The van der Waals surface area contributed by atoms with Crippen molar-refractivity contribution in [1.29, 1.82) is 0 Å². The number of ether oxygens (including phenoxy) is 1. The molecule has 1 amide bonds. The van der Waals surface area contributed by atoms with Gasteiger partial charge in [0.25, 0.3) is 5.91 Å². The van der Waals surface area contributed by atoms with E-state index in [1.807, 2.05) is 24.3 Å². The second kappa shape index (κ2) is 6.36. The number of benzene rings is 2. The lowest BCUT2D eigenvalue weighted by atomic mass is 10.1. The lowest BCUT2D eigenvalue weighted by Gasteiger charge is -2.06. The van der Waals surface area contributed by atoms with Gasteiger partial charge in [0.05, 0.1) is 17.7 Å². The Labute approximate surface area is 133 Å². The molecule has 0 spiro atoms. The molecule has 2 N–H and O–H groups in total. The number of aromatic nitrogens is 1. The highest BCUT2D eigenvalue weighted by Gasteiger charge is 2.12. The van der Waals surface area contributed by atoms with Gasteiger partial charge in [-0.25, -0.2) is 4.79 Å². The summed E-state index contributed by atoms with van der Waals surface area (Å²) in [7, 11) is 0. The van der Waals surface area contributed by atoms with Crippen LogP contribution in [-0.4, -0.2) is 23.5 Å². The minimum atomic E-state index is -0.373. The van der Waals surface area contributed by atoms with Gasteiger partial charge in [-0.1, -0.05) is 18.2 Å². The molecule has 23 heavy (non-hydrogen) atoms. The molecule has 116 valence electrons. The van der Waals surface area contributed by atoms with Crippen LogP contribution in [0.25, 0.3) is 10.9 Å². The molecule has 0 aliphatic heterocycles. The number of hydrogen-bond acceptors (Lipinski definition) is 3. The standard InChI is InChI=1S/C18H16N2O3/c1-2-23-18(22)12-7-9-13(10-8-12)20-17(21)15-11-19-16-6-4-3-5-14(15)16/h3-11,19H,2H2,1H3,(H,20,21). The van der Waals surface area contributed by atoms with Gasteiger partial charge in [-0.2, -0.15) is 0 Å². The van der Waals surface area contributed by atoms with Crippen molar-refractivity contribution in [3.05, 3.63) is 65.9 Å². The zero-order valence-electron chi connectivity index (χ0n) is 12.6. The molecule has 2 aromatic carbocycles. The van der Waals surface area contributed by atoms with E-state index in [9.17, 15) is 9.59 Å². The SMILES string of the molecule is CCOC(=O)c1ccc(NC(=O)c2c[nH]c3ccccc23)cc1. The third-order valence-corrected chi connectivity index (χ3v) is 3.49. The van der Waals surface area contributed by atoms with Crippen LogP contribution in [0.3, 0.4) is 0 Å². The van der Waals surface area contributed by atoms with E-state index in [0.29, 0.717) is 23.4 Å². The van der Waals surface area contributed by atoms with E-state index in [4.69, 9.17) is 4.74 Å². The third kappa shape index (κ3) is 3.08. The Bertz CT molecular complexity index is 850. The fourth-order valence-electron chi connectivity index (χ4n) is 2.36. The molecule has 3 rings (SSSR count). The second-order valence-electron chi connectivity index (χ2n) is 5.00. The maximum Gasteiger partial charge on any atom is 0.338 e. The number of fused-ring (bicyclic) bond motifs is 1. The van der Waals surface area contributed by atoms with Crippen molar-refractivity contribution < 1.29 is 14.3 Å². The van der Waals surface area contributed by atoms with E-state index in [1.165, 1.54) is 0 Å². The highest BCUT2D eigenvalue weighted by atomic mass is 16.5. The molecular formula is C18H16N2O3. The number of anilines is 1. The predicted molar refractivity (Wildman–Crippen MR) is 88.7 cm³/mol. The molecule has 0 atom stereocenters. The first kappa shape index (κ1) is 14.8. The van der Waals surface area contributed by atoms with Crippen molar-refractivity contribution in [2.24, 2.45) is 0 Å². The summed E-state index contributed by atoms with van der Waals surface area (Å²) in [5.41, 5.74) is 2.57. The van der Waals surface area contributed by atoms with E-state index < -0.39 is 0 Å². The van der Waals surface area contributed by atoms with Crippen LogP contribution in [-0.2, 0) is 4.74 Å². The number of rotatable bonds is 4. The summed E-state index contributed by atoms with van der Waals surface area (Å²) in [5, 5.41) is 3.69. The Kier molecular flexibility index (Phi) is 4.10. The largest absolute Gasteiger partial charge is 0.462 e. The number of carbonyl (C=O) groups excluding carboxylic acids is 2. The number of para-hydroxylation sites is 1. The first-order chi connectivity index (χ1) is 11.2. The van der Waals surface area contributed by atoms with Crippen LogP contribution in [0, 0.1) is 0 Å². The van der Waals surface area contributed by atoms with E-state index in [2.05, 4.69) is 10.3 Å². The minimum Gasteiger partial charge on any atom is -0.462 e.